The van der Waals surface area contributed by atoms with Gasteiger partial charge in [-0.15, -0.1) is 0 Å². The lowest BCUT2D eigenvalue weighted by atomic mass is 10.2. The van der Waals surface area contributed by atoms with Crippen molar-refractivity contribution in [3.05, 3.63) is 34.3 Å². The molecule has 6 nitrogen and oxygen atoms in total. The van der Waals surface area contributed by atoms with Crippen molar-refractivity contribution in [1.29, 1.82) is 0 Å². The van der Waals surface area contributed by atoms with E-state index in [9.17, 15) is 9.90 Å². The number of nitrogens with one attached hydrogen (secondary N) is 1. The van der Waals surface area contributed by atoms with Crippen LogP contribution in [0.5, 0.6) is 11.5 Å². The van der Waals surface area contributed by atoms with Crippen molar-refractivity contribution in [2.45, 2.75) is 46.6 Å². The van der Waals surface area contributed by atoms with Crippen molar-refractivity contribution in [3.8, 4) is 11.5 Å². The summed E-state index contributed by atoms with van der Waals surface area (Å²) in [5, 5.41) is 14.7. The summed E-state index contributed by atoms with van der Waals surface area (Å²) >= 11 is 1.08. The van der Waals surface area contributed by atoms with Crippen LogP contribution in [0.15, 0.2) is 18.2 Å². The standard InChI is InChI=1S/C19H26N2O4S/c1-4-6-7-10-25-15-9-8-14(11-16(15)24-5-2)12-20-19-21-13(3)17(26-19)18(22)23/h8-9,11H,4-7,10,12H2,1-3H3,(H,20,21)(H,22,23)/p-1. The minimum absolute atomic E-state index is 0.151. The molecule has 2 aromatic rings. The zero-order valence-electron chi connectivity index (χ0n) is 15.5. The second-order valence-corrected chi connectivity index (χ2v) is 6.84. The summed E-state index contributed by atoms with van der Waals surface area (Å²) in [5.74, 6) is 0.265. The first-order valence-corrected chi connectivity index (χ1v) is 9.68. The molecule has 2 rings (SSSR count). The van der Waals surface area contributed by atoms with Gasteiger partial charge in [0.25, 0.3) is 0 Å². The number of anilines is 1. The number of carbonyl (C=O) groups excluding carboxylic acids is 1. The summed E-state index contributed by atoms with van der Waals surface area (Å²) in [4.78, 5) is 15.4. The Kier molecular flexibility index (Phi) is 7.72. The van der Waals surface area contributed by atoms with E-state index in [0.717, 1.165) is 41.9 Å². The van der Waals surface area contributed by atoms with E-state index in [0.29, 0.717) is 36.3 Å². The normalized spacial score (nSPS) is 10.6. The van der Waals surface area contributed by atoms with Gasteiger partial charge in [0.15, 0.2) is 16.6 Å². The summed E-state index contributed by atoms with van der Waals surface area (Å²) < 4.78 is 11.5. The Morgan fingerprint density at radius 3 is 2.69 bits per heavy atom. The lowest BCUT2D eigenvalue weighted by Crippen LogP contribution is -2.21. The largest absolute Gasteiger partial charge is 0.544 e. The van der Waals surface area contributed by atoms with Gasteiger partial charge in [0.2, 0.25) is 0 Å². The van der Waals surface area contributed by atoms with Crippen molar-refractivity contribution in [1.82, 2.24) is 4.98 Å². The molecule has 0 aliphatic rings. The molecule has 26 heavy (non-hydrogen) atoms. The number of benzene rings is 1. The van der Waals surface area contributed by atoms with E-state index in [-0.39, 0.29) is 4.88 Å². The first-order chi connectivity index (χ1) is 12.5. The number of ether oxygens (including phenoxy) is 2. The molecule has 0 aliphatic carbocycles. The number of aromatic carboxylic acids is 1. The number of hydrogen-bond donors (Lipinski definition) is 1. The van der Waals surface area contributed by atoms with Gasteiger partial charge in [-0.05, 0) is 38.0 Å². The van der Waals surface area contributed by atoms with Crippen LogP contribution in [-0.4, -0.2) is 24.2 Å². The number of rotatable bonds is 11. The zero-order chi connectivity index (χ0) is 18.9. The SMILES string of the molecule is CCCCCOc1ccc(CNc2nc(C)c(C(=O)[O-])s2)cc1OCC. The number of aromatic nitrogens is 1. The Morgan fingerprint density at radius 1 is 1.23 bits per heavy atom. The molecular formula is C19H25N2O4S-. The van der Waals surface area contributed by atoms with Crippen LogP contribution in [0.1, 0.15) is 54.0 Å². The molecule has 1 N–H and O–H groups in total. The third-order valence-electron chi connectivity index (χ3n) is 3.74. The van der Waals surface area contributed by atoms with Crippen molar-refractivity contribution < 1.29 is 19.4 Å². The lowest BCUT2D eigenvalue weighted by Gasteiger charge is -2.13. The van der Waals surface area contributed by atoms with Crippen molar-refractivity contribution >= 4 is 22.4 Å². The van der Waals surface area contributed by atoms with Gasteiger partial charge >= 0.3 is 0 Å². The topological polar surface area (TPSA) is 83.5 Å². The molecule has 1 aromatic heterocycles. The smallest absolute Gasteiger partial charge is 0.183 e. The predicted molar refractivity (Wildman–Crippen MR) is 101 cm³/mol. The highest BCUT2D eigenvalue weighted by Gasteiger charge is 2.10. The fraction of sp³-hybridized carbons (Fsp3) is 0.474. The molecular weight excluding hydrogens is 352 g/mol. The molecule has 0 radical (unpaired) electrons. The average molecular weight is 377 g/mol. The summed E-state index contributed by atoms with van der Waals surface area (Å²) in [6, 6.07) is 5.81. The summed E-state index contributed by atoms with van der Waals surface area (Å²) in [6.07, 6.45) is 3.32. The summed E-state index contributed by atoms with van der Waals surface area (Å²) in [5.41, 5.74) is 1.46. The number of carbonyl (C=O) groups is 1. The van der Waals surface area contributed by atoms with Crippen molar-refractivity contribution in [2.24, 2.45) is 0 Å². The van der Waals surface area contributed by atoms with Crippen LogP contribution >= 0.6 is 11.3 Å². The third-order valence-corrected chi connectivity index (χ3v) is 4.83. The van der Waals surface area contributed by atoms with E-state index < -0.39 is 5.97 Å². The Bertz CT molecular complexity index is 730. The van der Waals surface area contributed by atoms with E-state index >= 15 is 0 Å². The van der Waals surface area contributed by atoms with E-state index in [1.165, 1.54) is 0 Å². The molecule has 0 fully saturated rings. The van der Waals surface area contributed by atoms with Gasteiger partial charge in [0.05, 0.1) is 29.8 Å². The van der Waals surface area contributed by atoms with E-state index in [4.69, 9.17) is 9.47 Å². The van der Waals surface area contributed by atoms with Gasteiger partial charge in [-0.3, -0.25) is 0 Å². The molecule has 0 atom stereocenters. The number of nitrogens with zero attached hydrogens (tertiary/aromatic N) is 1. The molecule has 7 heteroatoms. The minimum atomic E-state index is -1.20. The highest BCUT2D eigenvalue weighted by molar-refractivity contribution is 7.17. The fourth-order valence-electron chi connectivity index (χ4n) is 2.42. The fourth-order valence-corrected chi connectivity index (χ4v) is 3.22. The molecule has 0 aliphatic heterocycles. The number of thiazole rings is 1. The Hall–Kier alpha value is -2.28. The van der Waals surface area contributed by atoms with Crippen LogP contribution < -0.4 is 19.9 Å². The predicted octanol–water partition coefficient (Wildman–Crippen LogP) is 3.39. The lowest BCUT2D eigenvalue weighted by molar-refractivity contribution is -0.254. The van der Waals surface area contributed by atoms with E-state index in [2.05, 4.69) is 17.2 Å². The van der Waals surface area contributed by atoms with Crippen LogP contribution in [0, 0.1) is 6.92 Å². The maximum absolute atomic E-state index is 11.0. The van der Waals surface area contributed by atoms with E-state index in [1.54, 1.807) is 6.92 Å². The minimum Gasteiger partial charge on any atom is -0.544 e. The van der Waals surface area contributed by atoms with Gasteiger partial charge in [-0.25, -0.2) is 4.98 Å². The second kappa shape index (κ2) is 10.0. The number of unbranched alkanes of at least 4 members (excludes halogenated alkanes) is 2. The van der Waals surface area contributed by atoms with Gasteiger partial charge in [-0.1, -0.05) is 37.2 Å². The van der Waals surface area contributed by atoms with Crippen LogP contribution in [0.3, 0.4) is 0 Å². The molecule has 0 unspecified atom stereocenters. The van der Waals surface area contributed by atoms with Crippen molar-refractivity contribution in [2.75, 3.05) is 18.5 Å². The maximum Gasteiger partial charge on any atom is 0.183 e. The number of hydrogen-bond acceptors (Lipinski definition) is 7. The molecule has 0 amide bonds. The van der Waals surface area contributed by atoms with E-state index in [1.807, 2.05) is 25.1 Å². The Balaban J connectivity index is 2.01. The molecule has 0 spiro atoms. The highest BCUT2D eigenvalue weighted by atomic mass is 32.1. The quantitative estimate of drug-likeness (QED) is 0.604. The first-order valence-electron chi connectivity index (χ1n) is 8.86. The first kappa shape index (κ1) is 20.0. The van der Waals surface area contributed by atoms with Crippen molar-refractivity contribution in [3.63, 3.8) is 0 Å². The molecule has 0 bridgehead atoms. The Labute approximate surface area is 158 Å². The number of aryl methyl sites for hydroxylation is 1. The molecule has 1 aromatic carbocycles. The van der Waals surface area contributed by atoms with Gasteiger partial charge < -0.3 is 24.7 Å². The van der Waals surface area contributed by atoms with Gasteiger partial charge in [-0.2, -0.15) is 0 Å². The summed E-state index contributed by atoms with van der Waals surface area (Å²) in [7, 11) is 0. The molecule has 142 valence electrons. The number of carboxylic acids is 1. The van der Waals surface area contributed by atoms with Crippen LogP contribution in [0.4, 0.5) is 5.13 Å². The maximum atomic E-state index is 11.0. The highest BCUT2D eigenvalue weighted by Crippen LogP contribution is 2.29. The van der Waals surface area contributed by atoms with Crippen LogP contribution in [-0.2, 0) is 6.54 Å². The zero-order valence-corrected chi connectivity index (χ0v) is 16.3. The Morgan fingerprint density at radius 2 is 2.04 bits per heavy atom. The van der Waals surface area contributed by atoms with Crippen LogP contribution in [0.25, 0.3) is 0 Å². The molecule has 0 saturated heterocycles. The number of carboxylic acid groups (broad SMARTS) is 1. The monoisotopic (exact) mass is 377 g/mol. The third kappa shape index (κ3) is 5.62. The van der Waals surface area contributed by atoms with Gasteiger partial charge in [0.1, 0.15) is 0 Å². The molecule has 0 saturated carbocycles. The van der Waals surface area contributed by atoms with Crippen LogP contribution in [0.2, 0.25) is 0 Å². The second-order valence-electron chi connectivity index (χ2n) is 5.84. The summed E-state index contributed by atoms with van der Waals surface area (Å²) in [6.45, 7) is 7.50. The average Bonchev–Trinajstić information content (AvgIpc) is 2.99. The van der Waals surface area contributed by atoms with Gasteiger partial charge in [0, 0.05) is 6.54 Å². The molecule has 1 heterocycles.